The lowest BCUT2D eigenvalue weighted by atomic mass is 10.0. The van der Waals surface area contributed by atoms with Crippen LogP contribution in [0.25, 0.3) is 11.1 Å². The molecule has 0 spiro atoms. The largest absolute Gasteiger partial charge is 0.328 e. The Morgan fingerprint density at radius 1 is 1.06 bits per heavy atom. The molecule has 2 aromatic rings. The van der Waals surface area contributed by atoms with E-state index in [2.05, 4.69) is 58.4 Å². The van der Waals surface area contributed by atoms with Crippen molar-refractivity contribution < 1.29 is 0 Å². The lowest BCUT2D eigenvalue weighted by Crippen LogP contribution is -2.17. The van der Waals surface area contributed by atoms with Gasteiger partial charge in [0.05, 0.1) is 0 Å². The molecule has 0 aromatic heterocycles. The number of hydrogen-bond acceptors (Lipinski definition) is 1. The molecular weight excluding hydrogens is 274 g/mol. The zero-order valence-corrected chi connectivity index (χ0v) is 11.4. The van der Waals surface area contributed by atoms with Crippen LogP contribution in [0.4, 0.5) is 0 Å². The molecule has 0 bridgehead atoms. The summed E-state index contributed by atoms with van der Waals surface area (Å²) in [6.45, 7) is 2.03. The van der Waals surface area contributed by atoms with E-state index >= 15 is 0 Å². The van der Waals surface area contributed by atoms with Crippen LogP contribution < -0.4 is 5.73 Å². The van der Waals surface area contributed by atoms with E-state index in [1.54, 1.807) is 0 Å². The summed E-state index contributed by atoms with van der Waals surface area (Å²) in [5, 5.41) is 0. The SMILES string of the molecule is CC(N)Cc1ccc(-c2ccccc2Br)cc1. The summed E-state index contributed by atoms with van der Waals surface area (Å²) in [6, 6.07) is 17.1. The van der Waals surface area contributed by atoms with Crippen molar-refractivity contribution in [2.75, 3.05) is 0 Å². The standard InChI is InChI=1S/C15H16BrN/c1-11(17)10-12-6-8-13(9-7-12)14-4-2-3-5-15(14)16/h2-9,11H,10,17H2,1H3. The number of halogens is 1. The van der Waals surface area contributed by atoms with E-state index in [0.29, 0.717) is 0 Å². The lowest BCUT2D eigenvalue weighted by molar-refractivity contribution is 0.738. The van der Waals surface area contributed by atoms with E-state index in [4.69, 9.17) is 5.73 Å². The Morgan fingerprint density at radius 2 is 1.71 bits per heavy atom. The average Bonchev–Trinajstić information content (AvgIpc) is 2.30. The maximum atomic E-state index is 5.79. The van der Waals surface area contributed by atoms with Crippen molar-refractivity contribution in [2.45, 2.75) is 19.4 Å². The van der Waals surface area contributed by atoms with Gasteiger partial charge in [-0.15, -0.1) is 0 Å². The Bertz CT molecular complexity index is 489. The molecule has 0 saturated carbocycles. The van der Waals surface area contributed by atoms with Crippen LogP contribution in [0.5, 0.6) is 0 Å². The maximum absolute atomic E-state index is 5.79. The minimum Gasteiger partial charge on any atom is -0.328 e. The van der Waals surface area contributed by atoms with Gasteiger partial charge in [0.25, 0.3) is 0 Å². The molecule has 0 heterocycles. The van der Waals surface area contributed by atoms with E-state index in [-0.39, 0.29) is 6.04 Å². The fourth-order valence-corrected chi connectivity index (χ4v) is 2.40. The summed E-state index contributed by atoms with van der Waals surface area (Å²) in [6.07, 6.45) is 0.927. The van der Waals surface area contributed by atoms with Crippen LogP contribution >= 0.6 is 15.9 Å². The van der Waals surface area contributed by atoms with Gasteiger partial charge >= 0.3 is 0 Å². The highest BCUT2D eigenvalue weighted by Gasteiger charge is 2.02. The predicted octanol–water partition coefficient (Wildman–Crippen LogP) is 4.01. The third-order valence-corrected chi connectivity index (χ3v) is 3.39. The predicted molar refractivity (Wildman–Crippen MR) is 76.9 cm³/mol. The van der Waals surface area contributed by atoms with Crippen molar-refractivity contribution in [2.24, 2.45) is 5.73 Å². The number of nitrogens with two attached hydrogens (primary N) is 1. The monoisotopic (exact) mass is 289 g/mol. The minimum absolute atomic E-state index is 0.212. The van der Waals surface area contributed by atoms with Gasteiger partial charge < -0.3 is 5.73 Å². The smallest absolute Gasteiger partial charge is 0.0253 e. The summed E-state index contributed by atoms with van der Waals surface area (Å²) < 4.78 is 1.12. The number of hydrogen-bond donors (Lipinski definition) is 1. The molecule has 0 aliphatic rings. The van der Waals surface area contributed by atoms with Gasteiger partial charge in [-0.05, 0) is 36.1 Å². The van der Waals surface area contributed by atoms with E-state index in [9.17, 15) is 0 Å². The second-order valence-corrected chi connectivity index (χ2v) is 5.21. The Kier molecular flexibility index (Phi) is 3.97. The maximum Gasteiger partial charge on any atom is 0.0253 e. The molecule has 0 radical (unpaired) electrons. The van der Waals surface area contributed by atoms with Gasteiger partial charge in [-0.3, -0.25) is 0 Å². The van der Waals surface area contributed by atoms with E-state index in [1.807, 2.05) is 13.0 Å². The van der Waals surface area contributed by atoms with Crippen LogP contribution in [0.3, 0.4) is 0 Å². The van der Waals surface area contributed by atoms with Crippen molar-refractivity contribution >= 4 is 15.9 Å². The van der Waals surface area contributed by atoms with Gasteiger partial charge in [-0.25, -0.2) is 0 Å². The topological polar surface area (TPSA) is 26.0 Å². The number of benzene rings is 2. The molecule has 1 atom stereocenters. The zero-order valence-electron chi connectivity index (χ0n) is 9.86. The van der Waals surface area contributed by atoms with Crippen molar-refractivity contribution in [1.82, 2.24) is 0 Å². The molecule has 0 amide bonds. The highest BCUT2D eigenvalue weighted by Crippen LogP contribution is 2.27. The fraction of sp³-hybridized carbons (Fsp3) is 0.200. The summed E-state index contributed by atoms with van der Waals surface area (Å²) in [5.74, 6) is 0. The van der Waals surface area contributed by atoms with Crippen LogP contribution in [0.1, 0.15) is 12.5 Å². The highest BCUT2D eigenvalue weighted by atomic mass is 79.9. The first kappa shape index (κ1) is 12.3. The molecule has 1 unspecified atom stereocenters. The average molecular weight is 290 g/mol. The summed E-state index contributed by atoms with van der Waals surface area (Å²) in [5.41, 5.74) is 9.53. The number of rotatable bonds is 3. The van der Waals surface area contributed by atoms with E-state index in [1.165, 1.54) is 16.7 Å². The zero-order chi connectivity index (χ0) is 12.3. The molecular formula is C15H16BrN. The molecule has 2 N–H and O–H groups in total. The van der Waals surface area contributed by atoms with Crippen molar-refractivity contribution in [3.05, 3.63) is 58.6 Å². The summed E-state index contributed by atoms with van der Waals surface area (Å²) in [4.78, 5) is 0. The van der Waals surface area contributed by atoms with Crippen LogP contribution in [0, 0.1) is 0 Å². The van der Waals surface area contributed by atoms with E-state index in [0.717, 1.165) is 10.9 Å². The Morgan fingerprint density at radius 3 is 2.29 bits per heavy atom. The van der Waals surface area contributed by atoms with Crippen molar-refractivity contribution in [1.29, 1.82) is 0 Å². The van der Waals surface area contributed by atoms with Crippen LogP contribution in [-0.4, -0.2) is 6.04 Å². The van der Waals surface area contributed by atoms with Gasteiger partial charge in [-0.1, -0.05) is 58.4 Å². The first-order valence-electron chi connectivity index (χ1n) is 5.76. The van der Waals surface area contributed by atoms with Crippen molar-refractivity contribution in [3.63, 3.8) is 0 Å². The highest BCUT2D eigenvalue weighted by molar-refractivity contribution is 9.10. The second-order valence-electron chi connectivity index (χ2n) is 4.36. The normalized spacial score (nSPS) is 12.4. The first-order valence-corrected chi connectivity index (χ1v) is 6.55. The first-order chi connectivity index (χ1) is 8.16. The summed E-state index contributed by atoms with van der Waals surface area (Å²) in [7, 11) is 0. The lowest BCUT2D eigenvalue weighted by Gasteiger charge is -2.08. The van der Waals surface area contributed by atoms with Crippen molar-refractivity contribution in [3.8, 4) is 11.1 Å². The van der Waals surface area contributed by atoms with Gasteiger partial charge in [-0.2, -0.15) is 0 Å². The Labute approximate surface area is 111 Å². The van der Waals surface area contributed by atoms with Crippen LogP contribution in [0.15, 0.2) is 53.0 Å². The molecule has 0 fully saturated rings. The molecule has 88 valence electrons. The van der Waals surface area contributed by atoms with Gasteiger partial charge in [0.1, 0.15) is 0 Å². The molecule has 2 rings (SSSR count). The molecule has 17 heavy (non-hydrogen) atoms. The summed E-state index contributed by atoms with van der Waals surface area (Å²) >= 11 is 3.57. The second kappa shape index (κ2) is 5.48. The quantitative estimate of drug-likeness (QED) is 0.908. The molecule has 1 nitrogen and oxygen atoms in total. The minimum atomic E-state index is 0.212. The third kappa shape index (κ3) is 3.18. The molecule has 2 aromatic carbocycles. The molecule has 0 aliphatic carbocycles. The Hall–Kier alpha value is -1.12. The van der Waals surface area contributed by atoms with Gasteiger partial charge in [0.15, 0.2) is 0 Å². The van der Waals surface area contributed by atoms with Gasteiger partial charge in [0, 0.05) is 10.5 Å². The third-order valence-electron chi connectivity index (χ3n) is 2.70. The fourth-order valence-electron chi connectivity index (χ4n) is 1.89. The molecule has 0 saturated heterocycles. The van der Waals surface area contributed by atoms with Crippen LogP contribution in [0.2, 0.25) is 0 Å². The van der Waals surface area contributed by atoms with Gasteiger partial charge in [0.2, 0.25) is 0 Å². The van der Waals surface area contributed by atoms with Crippen LogP contribution in [-0.2, 0) is 6.42 Å². The molecule has 0 aliphatic heterocycles. The molecule has 2 heteroatoms. The Balaban J connectivity index is 2.27. The van der Waals surface area contributed by atoms with E-state index < -0.39 is 0 Å².